The maximum Gasteiger partial charge on any atom is 0.287 e. The lowest BCUT2D eigenvalue weighted by Crippen LogP contribution is -1.97. The van der Waals surface area contributed by atoms with Gasteiger partial charge in [-0.05, 0) is 12.1 Å². The first-order valence-corrected chi connectivity index (χ1v) is 5.25. The monoisotopic (exact) mass is 260 g/mol. The fraction of sp³-hybridized carbons (Fsp3) is 0.0909. The molecule has 0 radical (unpaired) electrons. The van der Waals surface area contributed by atoms with Crippen LogP contribution in [0.5, 0.6) is 0 Å². The Morgan fingerprint density at radius 3 is 1.53 bits per heavy atom. The lowest BCUT2D eigenvalue weighted by Gasteiger charge is -2.00. The van der Waals surface area contributed by atoms with E-state index in [1.807, 2.05) is 0 Å². The molecule has 0 amide bonds. The fourth-order valence-corrected chi connectivity index (χ4v) is 1.44. The van der Waals surface area contributed by atoms with Crippen LogP contribution in [0.25, 0.3) is 0 Å². The molecule has 19 heavy (non-hydrogen) atoms. The van der Waals surface area contributed by atoms with Gasteiger partial charge in [-0.1, -0.05) is 0 Å². The van der Waals surface area contributed by atoms with Crippen molar-refractivity contribution in [2.45, 2.75) is 6.42 Å². The lowest BCUT2D eigenvalue weighted by molar-refractivity contribution is -0.385. The third kappa shape index (κ3) is 3.06. The second kappa shape index (κ2) is 5.17. The van der Waals surface area contributed by atoms with Crippen molar-refractivity contribution in [1.29, 1.82) is 0 Å². The van der Waals surface area contributed by atoms with Crippen LogP contribution in [-0.2, 0) is 6.42 Å². The van der Waals surface area contributed by atoms with Gasteiger partial charge >= 0.3 is 0 Å². The molecular formula is C11H8N4O4. The molecular weight excluding hydrogens is 252 g/mol. The SMILES string of the molecule is O=[N+]([O-])c1ccc(Cc2ccc([N+](=O)[O-])cn2)nc1. The molecule has 0 unspecified atom stereocenters. The van der Waals surface area contributed by atoms with Crippen LogP contribution in [0.15, 0.2) is 36.7 Å². The molecule has 0 spiro atoms. The van der Waals surface area contributed by atoms with Crippen LogP contribution in [0.3, 0.4) is 0 Å². The fourth-order valence-electron chi connectivity index (χ4n) is 1.44. The van der Waals surface area contributed by atoms with Crippen molar-refractivity contribution >= 4 is 11.4 Å². The Morgan fingerprint density at radius 1 is 0.842 bits per heavy atom. The van der Waals surface area contributed by atoms with E-state index in [-0.39, 0.29) is 11.4 Å². The van der Waals surface area contributed by atoms with E-state index in [0.29, 0.717) is 17.8 Å². The first-order chi connectivity index (χ1) is 9.06. The molecule has 2 aromatic heterocycles. The van der Waals surface area contributed by atoms with Crippen LogP contribution in [-0.4, -0.2) is 19.8 Å². The predicted molar refractivity (Wildman–Crippen MR) is 64.6 cm³/mol. The molecule has 0 saturated heterocycles. The highest BCUT2D eigenvalue weighted by molar-refractivity contribution is 5.30. The van der Waals surface area contributed by atoms with E-state index in [1.54, 1.807) is 0 Å². The molecule has 96 valence electrons. The Balaban J connectivity index is 2.12. The van der Waals surface area contributed by atoms with Crippen LogP contribution in [0.2, 0.25) is 0 Å². The summed E-state index contributed by atoms with van der Waals surface area (Å²) in [5, 5.41) is 20.9. The second-order valence-corrected chi connectivity index (χ2v) is 3.71. The Kier molecular flexibility index (Phi) is 3.42. The highest BCUT2D eigenvalue weighted by atomic mass is 16.6. The van der Waals surface area contributed by atoms with Gasteiger partial charge in [-0.2, -0.15) is 0 Å². The van der Waals surface area contributed by atoms with Gasteiger partial charge < -0.3 is 0 Å². The maximum atomic E-state index is 10.5. The molecule has 0 N–H and O–H groups in total. The number of nitrogens with zero attached hydrogens (tertiary/aromatic N) is 4. The Bertz CT molecular complexity index is 554. The van der Waals surface area contributed by atoms with E-state index in [1.165, 1.54) is 36.7 Å². The van der Waals surface area contributed by atoms with Gasteiger partial charge in [0.1, 0.15) is 12.4 Å². The topological polar surface area (TPSA) is 112 Å². The molecule has 2 aromatic rings. The van der Waals surface area contributed by atoms with E-state index in [9.17, 15) is 20.2 Å². The van der Waals surface area contributed by atoms with Crippen molar-refractivity contribution in [3.8, 4) is 0 Å². The van der Waals surface area contributed by atoms with E-state index in [0.717, 1.165) is 0 Å². The molecule has 2 heterocycles. The van der Waals surface area contributed by atoms with Gasteiger partial charge in [0, 0.05) is 29.9 Å². The number of hydrogen-bond donors (Lipinski definition) is 0. The van der Waals surface area contributed by atoms with E-state index < -0.39 is 9.85 Å². The lowest BCUT2D eigenvalue weighted by atomic mass is 10.2. The van der Waals surface area contributed by atoms with Crippen LogP contribution in [0.4, 0.5) is 11.4 Å². The third-order valence-corrected chi connectivity index (χ3v) is 2.40. The van der Waals surface area contributed by atoms with Crippen molar-refractivity contribution in [3.63, 3.8) is 0 Å². The Morgan fingerprint density at radius 2 is 1.26 bits per heavy atom. The Hall–Kier alpha value is -2.90. The van der Waals surface area contributed by atoms with E-state index in [4.69, 9.17) is 0 Å². The standard InChI is InChI=1S/C11H8N4O4/c16-14(17)10-3-1-8(12-6-10)5-9-2-4-11(7-13-9)15(18)19/h1-4,6-7H,5H2. The number of pyridine rings is 2. The summed E-state index contributed by atoms with van der Waals surface area (Å²) in [6.45, 7) is 0. The minimum Gasteiger partial charge on any atom is -0.258 e. The summed E-state index contributed by atoms with van der Waals surface area (Å²) in [6, 6.07) is 5.77. The van der Waals surface area contributed by atoms with Crippen molar-refractivity contribution < 1.29 is 9.85 Å². The quantitative estimate of drug-likeness (QED) is 0.612. The highest BCUT2D eigenvalue weighted by Gasteiger charge is 2.08. The van der Waals surface area contributed by atoms with Gasteiger partial charge in [-0.25, -0.2) is 0 Å². The molecule has 0 aliphatic heterocycles. The predicted octanol–water partition coefficient (Wildman–Crippen LogP) is 1.88. The van der Waals surface area contributed by atoms with Crippen molar-refractivity contribution in [1.82, 2.24) is 9.97 Å². The summed E-state index contributed by atoms with van der Waals surface area (Å²) in [7, 11) is 0. The van der Waals surface area contributed by atoms with Gasteiger partial charge in [0.15, 0.2) is 0 Å². The van der Waals surface area contributed by atoms with Crippen molar-refractivity contribution in [2.24, 2.45) is 0 Å². The normalized spacial score (nSPS) is 10.1. The van der Waals surface area contributed by atoms with Gasteiger partial charge in [0.2, 0.25) is 0 Å². The average Bonchev–Trinajstić information content (AvgIpc) is 2.40. The average molecular weight is 260 g/mol. The first-order valence-electron chi connectivity index (χ1n) is 5.25. The van der Waals surface area contributed by atoms with Crippen LogP contribution in [0.1, 0.15) is 11.4 Å². The van der Waals surface area contributed by atoms with Gasteiger partial charge in [-0.3, -0.25) is 30.2 Å². The van der Waals surface area contributed by atoms with Crippen molar-refractivity contribution in [3.05, 3.63) is 68.3 Å². The number of hydrogen-bond acceptors (Lipinski definition) is 6. The summed E-state index contributed by atoms with van der Waals surface area (Å²) in [6.07, 6.45) is 2.69. The highest BCUT2D eigenvalue weighted by Crippen LogP contribution is 2.13. The first kappa shape index (κ1) is 12.6. The van der Waals surface area contributed by atoms with Crippen molar-refractivity contribution in [2.75, 3.05) is 0 Å². The van der Waals surface area contributed by atoms with Gasteiger partial charge in [0.05, 0.1) is 9.85 Å². The molecule has 2 rings (SSSR count). The summed E-state index contributed by atoms with van der Waals surface area (Å²) < 4.78 is 0. The zero-order valence-corrected chi connectivity index (χ0v) is 9.59. The minimum atomic E-state index is -0.527. The molecule has 0 saturated carbocycles. The maximum absolute atomic E-state index is 10.5. The molecule has 0 atom stereocenters. The number of aromatic nitrogens is 2. The minimum absolute atomic E-state index is 0.0830. The van der Waals surface area contributed by atoms with E-state index in [2.05, 4.69) is 9.97 Å². The smallest absolute Gasteiger partial charge is 0.258 e. The zero-order valence-electron chi connectivity index (χ0n) is 9.59. The van der Waals surface area contributed by atoms with E-state index >= 15 is 0 Å². The summed E-state index contributed by atoms with van der Waals surface area (Å²) >= 11 is 0. The largest absolute Gasteiger partial charge is 0.287 e. The van der Waals surface area contributed by atoms with Gasteiger partial charge in [-0.15, -0.1) is 0 Å². The third-order valence-electron chi connectivity index (χ3n) is 2.40. The Labute approximate surface area is 107 Å². The molecule has 0 fully saturated rings. The number of rotatable bonds is 4. The molecule has 0 aromatic carbocycles. The van der Waals surface area contributed by atoms with Crippen LogP contribution < -0.4 is 0 Å². The summed E-state index contributed by atoms with van der Waals surface area (Å²) in [4.78, 5) is 27.7. The summed E-state index contributed by atoms with van der Waals surface area (Å²) in [5.41, 5.74) is 1.04. The second-order valence-electron chi connectivity index (χ2n) is 3.71. The molecule has 0 aliphatic carbocycles. The summed E-state index contributed by atoms with van der Waals surface area (Å²) in [5.74, 6) is 0. The number of nitro groups is 2. The van der Waals surface area contributed by atoms with Crippen LogP contribution in [0, 0.1) is 20.2 Å². The zero-order chi connectivity index (χ0) is 13.8. The molecule has 8 nitrogen and oxygen atoms in total. The molecule has 8 heteroatoms. The van der Waals surface area contributed by atoms with Crippen LogP contribution >= 0.6 is 0 Å². The molecule has 0 bridgehead atoms. The molecule has 0 aliphatic rings. The van der Waals surface area contributed by atoms with Gasteiger partial charge in [0.25, 0.3) is 11.4 Å².